The van der Waals surface area contributed by atoms with Crippen LogP contribution in [0.5, 0.6) is 0 Å². The minimum Gasteiger partial charge on any atom is -0.303 e. The van der Waals surface area contributed by atoms with E-state index < -0.39 is 24.0 Å². The Bertz CT molecular complexity index is 1610. The van der Waals surface area contributed by atoms with Crippen molar-refractivity contribution >= 4 is 16.9 Å². The van der Waals surface area contributed by atoms with Crippen LogP contribution in [-0.4, -0.2) is 39.5 Å². The van der Waals surface area contributed by atoms with Crippen LogP contribution in [0.1, 0.15) is 60.0 Å². The topological polar surface area (TPSA) is 71.0 Å². The summed E-state index contributed by atoms with van der Waals surface area (Å²) in [4.78, 5) is 27.5. The van der Waals surface area contributed by atoms with Gasteiger partial charge in [-0.2, -0.15) is 5.26 Å². The first-order valence-corrected chi connectivity index (χ1v) is 12.6. The number of para-hydroxylation sites is 2. The highest BCUT2D eigenvalue weighted by molar-refractivity contribution is 5.90. The molecule has 1 saturated heterocycles. The molecule has 6 nitrogen and oxygen atoms in total. The molecule has 0 aliphatic carbocycles. The van der Waals surface area contributed by atoms with Gasteiger partial charge in [-0.1, -0.05) is 79.7 Å². The van der Waals surface area contributed by atoms with Gasteiger partial charge >= 0.3 is 5.69 Å². The lowest BCUT2D eigenvalue weighted by atomic mass is 9.73. The van der Waals surface area contributed by atoms with Crippen LogP contribution in [0.4, 0.5) is 0 Å². The lowest BCUT2D eigenvalue weighted by Gasteiger charge is -2.35. The molecular formula is C31H32N4O2. The number of fused-ring (bicyclic) bond motifs is 1. The number of likely N-dealkylation sites (tertiary alicyclic amines) is 1. The zero-order valence-electron chi connectivity index (χ0n) is 24.8. The summed E-state index contributed by atoms with van der Waals surface area (Å²) < 4.78 is 39.8. The molecular weight excluding hydrogens is 460 g/mol. The Kier molecular flexibility index (Phi) is 5.76. The SMILES string of the molecule is [2H]C([2H])(N1CCC(n2c(=O)n(C(=O)CC)c3ccccc32)CC1)C([2H])([2H])C(C#N)(c1ccccc1)c1ccccc1. The molecule has 1 fully saturated rings. The number of nitriles is 1. The highest BCUT2D eigenvalue weighted by Gasteiger charge is 2.35. The Balaban J connectivity index is 1.50. The first-order valence-electron chi connectivity index (χ1n) is 14.6. The fourth-order valence-electron chi connectivity index (χ4n) is 5.17. The number of rotatable bonds is 7. The summed E-state index contributed by atoms with van der Waals surface area (Å²) in [5, 5.41) is 10.6. The average molecular weight is 497 g/mol. The van der Waals surface area contributed by atoms with Gasteiger partial charge in [0, 0.05) is 37.5 Å². The van der Waals surface area contributed by atoms with Crippen molar-refractivity contribution in [1.82, 2.24) is 14.0 Å². The van der Waals surface area contributed by atoms with Crippen molar-refractivity contribution in [3.63, 3.8) is 0 Å². The van der Waals surface area contributed by atoms with Gasteiger partial charge in [-0.15, -0.1) is 0 Å². The van der Waals surface area contributed by atoms with Crippen LogP contribution < -0.4 is 5.69 Å². The molecule has 0 saturated carbocycles. The Hall–Kier alpha value is -3.95. The van der Waals surface area contributed by atoms with Crippen LogP contribution in [0.15, 0.2) is 89.7 Å². The molecule has 4 aromatic rings. The van der Waals surface area contributed by atoms with Crippen LogP contribution >= 0.6 is 0 Å². The van der Waals surface area contributed by atoms with Crippen molar-refractivity contribution in [2.45, 2.75) is 44.0 Å². The molecule has 0 unspecified atom stereocenters. The number of carbonyl (C=O) groups is 1. The lowest BCUT2D eigenvalue weighted by Crippen LogP contribution is -2.40. The first kappa shape index (κ1) is 20.1. The fraction of sp³-hybridized carbons (Fsp3) is 0.323. The van der Waals surface area contributed by atoms with Crippen LogP contribution in [0.2, 0.25) is 0 Å². The number of imidazole rings is 1. The number of hydrogen-bond acceptors (Lipinski definition) is 4. The Morgan fingerprint density at radius 1 is 0.946 bits per heavy atom. The maximum atomic E-state index is 13.4. The first-order chi connectivity index (χ1) is 19.6. The van der Waals surface area contributed by atoms with E-state index in [0.717, 1.165) is 0 Å². The van der Waals surface area contributed by atoms with E-state index in [9.17, 15) is 17.6 Å². The van der Waals surface area contributed by atoms with Gasteiger partial charge in [-0.05, 0) is 42.5 Å². The fourth-order valence-corrected chi connectivity index (χ4v) is 5.17. The molecule has 1 aliphatic rings. The summed E-state index contributed by atoms with van der Waals surface area (Å²) in [5.74, 6) is -0.290. The number of carbonyl (C=O) groups excluding carboxylic acids is 1. The summed E-state index contributed by atoms with van der Waals surface area (Å²) in [5.41, 5.74) is -0.405. The molecule has 0 atom stereocenters. The van der Waals surface area contributed by atoms with Crippen LogP contribution in [0.25, 0.3) is 11.0 Å². The summed E-state index contributed by atoms with van der Waals surface area (Å²) in [6, 6.07) is 26.1. The number of hydrogen-bond donors (Lipinski definition) is 0. The van der Waals surface area contributed by atoms with Crippen molar-refractivity contribution in [1.29, 1.82) is 5.26 Å². The molecule has 2 heterocycles. The maximum Gasteiger partial charge on any atom is 0.336 e. The normalized spacial score (nSPS) is 17.4. The van der Waals surface area contributed by atoms with Crippen LogP contribution in [0.3, 0.4) is 0 Å². The van der Waals surface area contributed by atoms with Crippen molar-refractivity contribution in [2.75, 3.05) is 19.6 Å². The second-order valence-electron chi connectivity index (χ2n) is 9.27. The predicted octanol–water partition coefficient (Wildman–Crippen LogP) is 5.39. The zero-order valence-corrected chi connectivity index (χ0v) is 20.8. The van der Waals surface area contributed by atoms with E-state index in [1.165, 1.54) is 9.47 Å². The molecule has 0 amide bonds. The summed E-state index contributed by atoms with van der Waals surface area (Å²) >= 11 is 0. The van der Waals surface area contributed by atoms with E-state index >= 15 is 0 Å². The monoisotopic (exact) mass is 496 g/mol. The molecule has 1 aromatic heterocycles. The van der Waals surface area contributed by atoms with E-state index in [0.29, 0.717) is 35.0 Å². The highest BCUT2D eigenvalue weighted by atomic mass is 16.2. The largest absolute Gasteiger partial charge is 0.336 e. The van der Waals surface area contributed by atoms with Crippen molar-refractivity contribution in [3.8, 4) is 6.07 Å². The van der Waals surface area contributed by atoms with Gasteiger partial charge in [0.1, 0.15) is 5.41 Å². The minimum absolute atomic E-state index is 0.163. The second kappa shape index (κ2) is 10.6. The van der Waals surface area contributed by atoms with Crippen LogP contribution in [-0.2, 0) is 5.41 Å². The molecule has 0 radical (unpaired) electrons. The number of benzene rings is 3. The standard InChI is InChI=1S/C31H32N4O2/c1-2-29(36)35-28-16-10-9-15-27(28)34(30(35)37)26-17-20-33(21-18-26)22-19-31(23-32,24-11-5-3-6-12-24)25-13-7-4-8-14-25/h3-16,26H,2,17-22H2,1H3/i19D2,22D2. The molecule has 0 bridgehead atoms. The van der Waals surface area contributed by atoms with Gasteiger partial charge in [-0.3, -0.25) is 9.36 Å². The molecule has 37 heavy (non-hydrogen) atoms. The van der Waals surface area contributed by atoms with E-state index in [4.69, 9.17) is 2.74 Å². The van der Waals surface area contributed by atoms with Gasteiger partial charge in [-0.25, -0.2) is 9.36 Å². The summed E-state index contributed by atoms with van der Waals surface area (Å²) in [6.07, 6.45) is -1.74. The van der Waals surface area contributed by atoms with Gasteiger partial charge in [0.2, 0.25) is 5.91 Å². The van der Waals surface area contributed by atoms with Gasteiger partial charge in [0.05, 0.1) is 17.1 Å². The highest BCUT2D eigenvalue weighted by Crippen LogP contribution is 2.36. The third-order valence-electron chi connectivity index (χ3n) is 7.14. The van der Waals surface area contributed by atoms with E-state index in [1.807, 2.05) is 6.07 Å². The average Bonchev–Trinajstić information content (AvgIpc) is 3.30. The van der Waals surface area contributed by atoms with Crippen molar-refractivity contribution in [2.24, 2.45) is 0 Å². The molecule has 188 valence electrons. The van der Waals surface area contributed by atoms with E-state index in [-0.39, 0.29) is 31.5 Å². The minimum atomic E-state index is -2.68. The number of nitrogens with zero attached hydrogens (tertiary/aromatic N) is 4. The molecule has 0 N–H and O–H groups in total. The second-order valence-corrected chi connectivity index (χ2v) is 9.27. The molecule has 6 heteroatoms. The Morgan fingerprint density at radius 3 is 2.03 bits per heavy atom. The van der Waals surface area contributed by atoms with E-state index in [1.54, 1.807) is 90.4 Å². The third-order valence-corrected chi connectivity index (χ3v) is 7.14. The number of piperidine rings is 1. The summed E-state index contributed by atoms with van der Waals surface area (Å²) in [7, 11) is 0. The molecule has 0 spiro atoms. The van der Waals surface area contributed by atoms with Crippen molar-refractivity contribution < 1.29 is 10.3 Å². The number of aromatic nitrogens is 2. The molecule has 1 aliphatic heterocycles. The Labute approximate surface area is 223 Å². The molecule has 3 aromatic carbocycles. The quantitative estimate of drug-likeness (QED) is 0.344. The zero-order chi connectivity index (χ0) is 29.4. The van der Waals surface area contributed by atoms with Gasteiger partial charge in [0.25, 0.3) is 0 Å². The molecule has 5 rings (SSSR count). The maximum absolute atomic E-state index is 13.4. The van der Waals surface area contributed by atoms with Gasteiger partial charge < -0.3 is 4.90 Å². The van der Waals surface area contributed by atoms with Crippen LogP contribution in [0, 0.1) is 11.3 Å². The summed E-state index contributed by atoms with van der Waals surface area (Å²) in [6.45, 7) is -0.510. The van der Waals surface area contributed by atoms with Crippen molar-refractivity contribution in [3.05, 3.63) is 107 Å². The smallest absolute Gasteiger partial charge is 0.303 e. The van der Waals surface area contributed by atoms with Gasteiger partial charge in [0.15, 0.2) is 0 Å². The predicted molar refractivity (Wildman–Crippen MR) is 146 cm³/mol. The lowest BCUT2D eigenvalue weighted by molar-refractivity contribution is 0.0907. The Morgan fingerprint density at radius 2 is 1.49 bits per heavy atom. The third kappa shape index (κ3) is 4.52. The van der Waals surface area contributed by atoms with E-state index in [2.05, 4.69) is 6.07 Å².